The van der Waals surface area contributed by atoms with Crippen LogP contribution < -0.4 is 15.7 Å². The predicted molar refractivity (Wildman–Crippen MR) is 123 cm³/mol. The predicted octanol–water partition coefficient (Wildman–Crippen LogP) is 4.00. The van der Waals surface area contributed by atoms with Crippen molar-refractivity contribution >= 4 is 12.1 Å². The Morgan fingerprint density at radius 2 is 1.94 bits per heavy atom. The topological polar surface area (TPSA) is 72.7 Å². The maximum atomic E-state index is 12.7. The van der Waals surface area contributed by atoms with Crippen LogP contribution in [0.2, 0.25) is 0 Å². The van der Waals surface area contributed by atoms with Crippen molar-refractivity contribution in [2.75, 3.05) is 6.61 Å². The number of carbonyl (C=O) groups is 1. The van der Waals surface area contributed by atoms with E-state index in [9.17, 15) is 9.59 Å². The van der Waals surface area contributed by atoms with Crippen molar-refractivity contribution in [1.29, 1.82) is 0 Å². The summed E-state index contributed by atoms with van der Waals surface area (Å²) in [6.45, 7) is 7.19. The molecular formula is C25H27N3O3. The second kappa shape index (κ2) is 10.4. The molecule has 0 fully saturated rings. The first kappa shape index (κ1) is 22.0. The number of aryl methyl sites for hydroxylation is 1. The van der Waals surface area contributed by atoms with Crippen LogP contribution in [-0.2, 0) is 6.54 Å². The smallest absolute Gasteiger partial charge is 0.276 e. The van der Waals surface area contributed by atoms with Crippen molar-refractivity contribution in [3.63, 3.8) is 0 Å². The summed E-state index contributed by atoms with van der Waals surface area (Å²) < 4.78 is 7.21. The molecule has 2 aromatic carbocycles. The molecule has 0 radical (unpaired) electrons. The van der Waals surface area contributed by atoms with Crippen LogP contribution in [-0.4, -0.2) is 23.3 Å². The molecule has 0 aliphatic carbocycles. The summed E-state index contributed by atoms with van der Waals surface area (Å²) in [4.78, 5) is 25.2. The van der Waals surface area contributed by atoms with E-state index in [0.717, 1.165) is 22.4 Å². The fraction of sp³-hybridized carbons (Fsp3) is 0.240. The Kier molecular flexibility index (Phi) is 7.38. The molecule has 1 amide bonds. The number of ether oxygens (including phenoxy) is 1. The van der Waals surface area contributed by atoms with E-state index in [1.165, 1.54) is 16.8 Å². The third-order valence-corrected chi connectivity index (χ3v) is 4.52. The molecule has 0 aliphatic rings. The van der Waals surface area contributed by atoms with Crippen LogP contribution in [0.3, 0.4) is 0 Å². The van der Waals surface area contributed by atoms with E-state index < -0.39 is 5.91 Å². The minimum Gasteiger partial charge on any atom is -0.493 e. The highest BCUT2D eigenvalue weighted by molar-refractivity contribution is 5.94. The number of rotatable bonds is 8. The average Bonchev–Trinajstić information content (AvgIpc) is 2.74. The molecule has 1 aromatic heterocycles. The van der Waals surface area contributed by atoms with E-state index >= 15 is 0 Å². The van der Waals surface area contributed by atoms with Gasteiger partial charge in [0.05, 0.1) is 19.4 Å². The van der Waals surface area contributed by atoms with Crippen molar-refractivity contribution in [3.8, 4) is 5.75 Å². The second-order valence-electron chi connectivity index (χ2n) is 7.82. The third kappa shape index (κ3) is 6.40. The standard InChI is InChI=1S/C25H27N3O3/c1-18(2)17-31-22-10-5-8-20(14-22)15-26-27-24(29)23-11-6-12-28(25(23)30)16-21-9-4-7-19(3)13-21/h4-15,18H,16-17H2,1-3H3,(H,27,29)/b26-15-. The van der Waals surface area contributed by atoms with Gasteiger partial charge in [0.25, 0.3) is 11.5 Å². The van der Waals surface area contributed by atoms with Crippen LogP contribution in [0.5, 0.6) is 5.75 Å². The zero-order valence-corrected chi connectivity index (χ0v) is 18.0. The number of carbonyl (C=O) groups excluding carboxylic acids is 1. The third-order valence-electron chi connectivity index (χ3n) is 4.52. The Labute approximate surface area is 182 Å². The van der Waals surface area contributed by atoms with Crippen LogP contribution in [0, 0.1) is 12.8 Å². The lowest BCUT2D eigenvalue weighted by Gasteiger charge is -2.09. The van der Waals surface area contributed by atoms with Crippen LogP contribution in [0.25, 0.3) is 0 Å². The first-order valence-corrected chi connectivity index (χ1v) is 10.2. The summed E-state index contributed by atoms with van der Waals surface area (Å²) in [5, 5.41) is 3.99. The van der Waals surface area contributed by atoms with Gasteiger partial charge in [0, 0.05) is 6.20 Å². The Bertz CT molecular complexity index is 1130. The van der Waals surface area contributed by atoms with E-state index in [1.54, 1.807) is 12.3 Å². The molecule has 1 N–H and O–H groups in total. The normalized spacial score (nSPS) is 11.1. The molecule has 31 heavy (non-hydrogen) atoms. The Morgan fingerprint density at radius 3 is 2.71 bits per heavy atom. The number of nitrogens with one attached hydrogen (secondary N) is 1. The first-order valence-electron chi connectivity index (χ1n) is 10.2. The number of benzene rings is 2. The van der Waals surface area contributed by atoms with Gasteiger partial charge in [-0.2, -0.15) is 5.10 Å². The van der Waals surface area contributed by atoms with Crippen LogP contribution in [0.1, 0.15) is 40.9 Å². The van der Waals surface area contributed by atoms with Crippen molar-refractivity contribution in [2.24, 2.45) is 11.0 Å². The van der Waals surface area contributed by atoms with Crippen LogP contribution >= 0.6 is 0 Å². The largest absolute Gasteiger partial charge is 0.493 e. The highest BCUT2D eigenvalue weighted by Gasteiger charge is 2.11. The highest BCUT2D eigenvalue weighted by atomic mass is 16.5. The Morgan fingerprint density at radius 1 is 1.13 bits per heavy atom. The molecule has 0 unspecified atom stereocenters. The summed E-state index contributed by atoms with van der Waals surface area (Å²) in [5.74, 6) is 0.621. The molecule has 0 saturated carbocycles. The van der Waals surface area contributed by atoms with Gasteiger partial charge in [-0.05, 0) is 48.2 Å². The average molecular weight is 418 g/mol. The van der Waals surface area contributed by atoms with E-state index in [2.05, 4.69) is 24.4 Å². The van der Waals surface area contributed by atoms with Gasteiger partial charge in [0.1, 0.15) is 11.3 Å². The van der Waals surface area contributed by atoms with E-state index in [-0.39, 0.29) is 11.1 Å². The molecule has 3 rings (SSSR count). The summed E-state index contributed by atoms with van der Waals surface area (Å²) in [5.41, 5.74) is 5.02. The Hall–Kier alpha value is -3.67. The van der Waals surface area contributed by atoms with Gasteiger partial charge in [-0.25, -0.2) is 5.43 Å². The van der Waals surface area contributed by atoms with E-state index in [1.807, 2.05) is 55.5 Å². The van der Waals surface area contributed by atoms with Crippen molar-refractivity contribution < 1.29 is 9.53 Å². The molecule has 0 bridgehead atoms. The maximum Gasteiger partial charge on any atom is 0.276 e. The second-order valence-corrected chi connectivity index (χ2v) is 7.82. The molecule has 3 aromatic rings. The number of amides is 1. The van der Waals surface area contributed by atoms with Gasteiger partial charge in [0.2, 0.25) is 0 Å². The molecule has 160 valence electrons. The number of pyridine rings is 1. The summed E-state index contributed by atoms with van der Waals surface area (Å²) in [7, 11) is 0. The van der Waals surface area contributed by atoms with E-state index in [0.29, 0.717) is 19.1 Å². The summed E-state index contributed by atoms with van der Waals surface area (Å²) >= 11 is 0. The van der Waals surface area contributed by atoms with Crippen molar-refractivity contribution in [2.45, 2.75) is 27.3 Å². The van der Waals surface area contributed by atoms with Crippen molar-refractivity contribution in [3.05, 3.63) is 99.5 Å². The van der Waals surface area contributed by atoms with Crippen LogP contribution in [0.4, 0.5) is 0 Å². The van der Waals surface area contributed by atoms with Gasteiger partial charge < -0.3 is 9.30 Å². The molecule has 0 aliphatic heterocycles. The lowest BCUT2D eigenvalue weighted by Crippen LogP contribution is -2.30. The summed E-state index contributed by atoms with van der Waals surface area (Å²) in [6, 6.07) is 18.5. The van der Waals surface area contributed by atoms with Gasteiger partial charge in [-0.3, -0.25) is 9.59 Å². The lowest BCUT2D eigenvalue weighted by molar-refractivity contribution is 0.0953. The molecule has 0 atom stereocenters. The quantitative estimate of drug-likeness (QED) is 0.445. The first-order chi connectivity index (χ1) is 14.9. The number of hydrogen-bond donors (Lipinski definition) is 1. The molecule has 6 nitrogen and oxygen atoms in total. The van der Waals surface area contributed by atoms with Gasteiger partial charge in [-0.1, -0.05) is 55.8 Å². The highest BCUT2D eigenvalue weighted by Crippen LogP contribution is 2.13. The SMILES string of the molecule is Cc1cccc(Cn2cccc(C(=O)N/N=C\c3cccc(OCC(C)C)c3)c2=O)c1. The molecular weight excluding hydrogens is 390 g/mol. The number of aromatic nitrogens is 1. The fourth-order valence-electron chi connectivity index (χ4n) is 3.01. The molecule has 1 heterocycles. The zero-order chi connectivity index (χ0) is 22.2. The Balaban J connectivity index is 1.67. The molecule has 6 heteroatoms. The lowest BCUT2D eigenvalue weighted by atomic mass is 10.1. The number of nitrogens with zero attached hydrogens (tertiary/aromatic N) is 2. The minimum absolute atomic E-state index is 0.0429. The molecule has 0 saturated heterocycles. The fourth-order valence-corrected chi connectivity index (χ4v) is 3.01. The monoisotopic (exact) mass is 417 g/mol. The van der Waals surface area contributed by atoms with Crippen LogP contribution in [0.15, 0.2) is 76.8 Å². The maximum absolute atomic E-state index is 12.7. The number of hydrazone groups is 1. The van der Waals surface area contributed by atoms with Gasteiger partial charge in [-0.15, -0.1) is 0 Å². The molecule has 0 spiro atoms. The van der Waals surface area contributed by atoms with Crippen molar-refractivity contribution in [1.82, 2.24) is 9.99 Å². The summed E-state index contributed by atoms with van der Waals surface area (Å²) in [6.07, 6.45) is 3.20. The number of hydrogen-bond acceptors (Lipinski definition) is 4. The van der Waals surface area contributed by atoms with Gasteiger partial charge >= 0.3 is 0 Å². The zero-order valence-electron chi connectivity index (χ0n) is 18.0. The minimum atomic E-state index is -0.549. The van der Waals surface area contributed by atoms with Gasteiger partial charge in [0.15, 0.2) is 0 Å². The van der Waals surface area contributed by atoms with E-state index in [4.69, 9.17) is 4.74 Å².